The molecule has 1 amide bonds. The fourth-order valence-electron chi connectivity index (χ4n) is 2.42. The Kier molecular flexibility index (Phi) is 5.49. The highest BCUT2D eigenvalue weighted by Gasteiger charge is 2.10. The van der Waals surface area contributed by atoms with Crippen molar-refractivity contribution in [2.24, 2.45) is 0 Å². The molecule has 1 N–H and O–H groups in total. The smallest absolute Gasteiger partial charge is 0.271 e. The maximum atomic E-state index is 12.3. The van der Waals surface area contributed by atoms with Gasteiger partial charge in [-0.2, -0.15) is 5.10 Å². The molecule has 3 rings (SSSR count). The topological polar surface area (TPSA) is 64.0 Å². The minimum Gasteiger partial charge on any atom is -0.347 e. The molecule has 0 radical (unpaired) electrons. The molecule has 0 aliphatic carbocycles. The van der Waals surface area contributed by atoms with E-state index in [-0.39, 0.29) is 17.2 Å². The summed E-state index contributed by atoms with van der Waals surface area (Å²) in [5.41, 5.74) is 2.97. The molecule has 0 aliphatic rings. The molecule has 0 saturated carbocycles. The van der Waals surface area contributed by atoms with E-state index in [1.54, 1.807) is 12.1 Å². The monoisotopic (exact) mass is 367 g/mol. The molecule has 3 aromatic rings. The quantitative estimate of drug-likeness (QED) is 0.753. The van der Waals surface area contributed by atoms with Gasteiger partial charge in [0.2, 0.25) is 0 Å². The summed E-state index contributed by atoms with van der Waals surface area (Å²) in [6, 6.07) is 17.8. The van der Waals surface area contributed by atoms with Crippen molar-refractivity contribution in [3.63, 3.8) is 0 Å². The second kappa shape index (κ2) is 7.97. The van der Waals surface area contributed by atoms with Gasteiger partial charge in [0, 0.05) is 17.6 Å². The van der Waals surface area contributed by atoms with Gasteiger partial charge >= 0.3 is 0 Å². The van der Waals surface area contributed by atoms with Crippen LogP contribution in [0.25, 0.3) is 0 Å². The van der Waals surface area contributed by atoms with Gasteiger partial charge < -0.3 is 5.32 Å². The third-order valence-electron chi connectivity index (χ3n) is 3.92. The predicted molar refractivity (Wildman–Crippen MR) is 101 cm³/mol. The molecule has 5 nitrogen and oxygen atoms in total. The Labute approximate surface area is 156 Å². The Morgan fingerprint density at radius 3 is 2.35 bits per heavy atom. The number of carbonyl (C=O) groups excluding carboxylic acids is 1. The summed E-state index contributed by atoms with van der Waals surface area (Å²) >= 11 is 5.85. The van der Waals surface area contributed by atoms with Crippen molar-refractivity contribution < 1.29 is 4.79 Å². The molecular formula is C20H18ClN3O2. The largest absolute Gasteiger partial charge is 0.347 e. The van der Waals surface area contributed by atoms with Crippen molar-refractivity contribution in [3.05, 3.63) is 98.4 Å². The molecule has 1 aromatic heterocycles. The number of amides is 1. The Balaban J connectivity index is 1.71. The number of hydrogen-bond donors (Lipinski definition) is 1. The summed E-state index contributed by atoms with van der Waals surface area (Å²) in [4.78, 5) is 24.4. The summed E-state index contributed by atoms with van der Waals surface area (Å²) in [5, 5.41) is 7.62. The van der Waals surface area contributed by atoms with E-state index in [9.17, 15) is 9.59 Å². The van der Waals surface area contributed by atoms with E-state index in [2.05, 4.69) is 10.4 Å². The lowest BCUT2D eigenvalue weighted by molar-refractivity contribution is 0.0943. The predicted octanol–water partition coefficient (Wildman–Crippen LogP) is 3.18. The fourth-order valence-corrected chi connectivity index (χ4v) is 2.55. The van der Waals surface area contributed by atoms with Crippen molar-refractivity contribution in [1.82, 2.24) is 15.1 Å². The SMILES string of the molecule is Cc1ccc(Cn2nc(C(=O)NCc3ccc(Cl)cc3)ccc2=O)cc1. The summed E-state index contributed by atoms with van der Waals surface area (Å²) in [6.45, 7) is 2.67. The summed E-state index contributed by atoms with van der Waals surface area (Å²) in [5.74, 6) is -0.336. The summed E-state index contributed by atoms with van der Waals surface area (Å²) in [6.07, 6.45) is 0. The first-order valence-electron chi connectivity index (χ1n) is 8.17. The van der Waals surface area contributed by atoms with Crippen LogP contribution >= 0.6 is 11.6 Å². The minimum atomic E-state index is -0.336. The average Bonchev–Trinajstić information content (AvgIpc) is 2.64. The van der Waals surface area contributed by atoms with Crippen LogP contribution in [0.3, 0.4) is 0 Å². The first-order valence-corrected chi connectivity index (χ1v) is 8.55. The van der Waals surface area contributed by atoms with Crippen LogP contribution in [0.2, 0.25) is 5.02 Å². The normalized spacial score (nSPS) is 10.5. The van der Waals surface area contributed by atoms with Crippen molar-refractivity contribution in [2.75, 3.05) is 0 Å². The van der Waals surface area contributed by atoms with E-state index in [1.165, 1.54) is 16.8 Å². The van der Waals surface area contributed by atoms with Crippen LogP contribution in [-0.4, -0.2) is 15.7 Å². The number of aromatic nitrogens is 2. The standard InChI is InChI=1S/C20H18ClN3O2/c1-14-2-4-16(5-3-14)13-24-19(25)11-10-18(23-24)20(26)22-12-15-6-8-17(21)9-7-15/h2-11H,12-13H2,1H3,(H,22,26). The first-order chi connectivity index (χ1) is 12.5. The summed E-state index contributed by atoms with van der Waals surface area (Å²) in [7, 11) is 0. The number of halogens is 1. The lowest BCUT2D eigenvalue weighted by Gasteiger charge is -2.08. The lowest BCUT2D eigenvalue weighted by atomic mass is 10.1. The zero-order valence-corrected chi connectivity index (χ0v) is 15.0. The molecule has 0 atom stereocenters. The maximum absolute atomic E-state index is 12.3. The Morgan fingerprint density at radius 2 is 1.65 bits per heavy atom. The van der Waals surface area contributed by atoms with E-state index in [4.69, 9.17) is 11.6 Å². The highest BCUT2D eigenvalue weighted by atomic mass is 35.5. The van der Waals surface area contributed by atoms with Gasteiger partial charge in [0.15, 0.2) is 0 Å². The van der Waals surface area contributed by atoms with Crippen LogP contribution in [0.15, 0.2) is 65.5 Å². The molecule has 0 bridgehead atoms. The van der Waals surface area contributed by atoms with Crippen LogP contribution in [0.5, 0.6) is 0 Å². The molecule has 0 aliphatic heterocycles. The van der Waals surface area contributed by atoms with E-state index in [1.807, 2.05) is 43.3 Å². The van der Waals surface area contributed by atoms with Crippen molar-refractivity contribution in [1.29, 1.82) is 0 Å². The highest BCUT2D eigenvalue weighted by molar-refractivity contribution is 6.30. The third-order valence-corrected chi connectivity index (χ3v) is 4.17. The van der Waals surface area contributed by atoms with Gasteiger partial charge in [-0.15, -0.1) is 0 Å². The fraction of sp³-hybridized carbons (Fsp3) is 0.150. The van der Waals surface area contributed by atoms with Crippen LogP contribution < -0.4 is 10.9 Å². The molecule has 2 aromatic carbocycles. The van der Waals surface area contributed by atoms with E-state index < -0.39 is 0 Å². The number of carbonyl (C=O) groups is 1. The molecule has 1 heterocycles. The van der Waals surface area contributed by atoms with Crippen LogP contribution in [0, 0.1) is 6.92 Å². The Hall–Kier alpha value is -2.92. The van der Waals surface area contributed by atoms with Gasteiger partial charge in [-0.05, 0) is 36.2 Å². The van der Waals surface area contributed by atoms with Gasteiger partial charge in [-0.1, -0.05) is 53.6 Å². The highest BCUT2D eigenvalue weighted by Crippen LogP contribution is 2.09. The van der Waals surface area contributed by atoms with Gasteiger partial charge in [-0.3, -0.25) is 9.59 Å². The second-order valence-corrected chi connectivity index (χ2v) is 6.45. The van der Waals surface area contributed by atoms with Crippen LogP contribution in [-0.2, 0) is 13.1 Å². The third kappa shape index (κ3) is 4.58. The Bertz CT molecular complexity index is 964. The minimum absolute atomic E-state index is 0.200. The van der Waals surface area contributed by atoms with E-state index >= 15 is 0 Å². The van der Waals surface area contributed by atoms with Crippen molar-refractivity contribution in [2.45, 2.75) is 20.0 Å². The Morgan fingerprint density at radius 1 is 1.00 bits per heavy atom. The van der Waals surface area contributed by atoms with Gasteiger partial charge in [0.05, 0.1) is 6.54 Å². The first kappa shape index (κ1) is 17.9. The van der Waals surface area contributed by atoms with Crippen molar-refractivity contribution in [3.8, 4) is 0 Å². The molecular weight excluding hydrogens is 350 g/mol. The zero-order chi connectivity index (χ0) is 18.5. The molecule has 0 spiro atoms. The second-order valence-electron chi connectivity index (χ2n) is 6.01. The molecule has 0 fully saturated rings. The van der Waals surface area contributed by atoms with Gasteiger partial charge in [-0.25, -0.2) is 4.68 Å². The summed E-state index contributed by atoms with van der Waals surface area (Å²) < 4.78 is 1.29. The number of nitrogens with zero attached hydrogens (tertiary/aromatic N) is 2. The molecule has 0 unspecified atom stereocenters. The van der Waals surface area contributed by atoms with Crippen LogP contribution in [0.1, 0.15) is 27.2 Å². The number of rotatable bonds is 5. The molecule has 26 heavy (non-hydrogen) atoms. The van der Waals surface area contributed by atoms with Crippen molar-refractivity contribution >= 4 is 17.5 Å². The molecule has 6 heteroatoms. The van der Waals surface area contributed by atoms with E-state index in [0.717, 1.165) is 16.7 Å². The van der Waals surface area contributed by atoms with Gasteiger partial charge in [0.25, 0.3) is 11.5 Å². The van der Waals surface area contributed by atoms with E-state index in [0.29, 0.717) is 18.1 Å². The maximum Gasteiger partial charge on any atom is 0.271 e. The van der Waals surface area contributed by atoms with Gasteiger partial charge in [0.1, 0.15) is 5.69 Å². The number of nitrogens with one attached hydrogen (secondary N) is 1. The number of benzene rings is 2. The molecule has 0 saturated heterocycles. The average molecular weight is 368 g/mol. The number of aryl methyl sites for hydroxylation is 1. The zero-order valence-electron chi connectivity index (χ0n) is 14.3. The molecule has 132 valence electrons. The number of hydrogen-bond acceptors (Lipinski definition) is 3. The lowest BCUT2D eigenvalue weighted by Crippen LogP contribution is -2.29. The van der Waals surface area contributed by atoms with Crippen LogP contribution in [0.4, 0.5) is 0 Å².